The molecule has 1 fully saturated rings. The third kappa shape index (κ3) is 3.92. The molecule has 0 amide bonds. The van der Waals surface area contributed by atoms with Gasteiger partial charge in [-0.05, 0) is 45.7 Å². The summed E-state index contributed by atoms with van der Waals surface area (Å²) in [6.07, 6.45) is 4.97. The molecule has 29 heavy (non-hydrogen) atoms. The summed E-state index contributed by atoms with van der Waals surface area (Å²) in [5.41, 5.74) is 1.27. The Hall–Kier alpha value is -2.30. The van der Waals surface area contributed by atoms with Crippen LogP contribution in [0.1, 0.15) is 42.1 Å². The highest BCUT2D eigenvalue weighted by Gasteiger charge is 2.38. The monoisotopic (exact) mass is 432 g/mol. The molecule has 3 aromatic rings. The molecule has 3 aromatic heterocycles. The Morgan fingerprint density at radius 1 is 1.31 bits per heavy atom. The number of aryl methyl sites for hydroxylation is 3. The van der Waals surface area contributed by atoms with Gasteiger partial charge >= 0.3 is 0 Å². The van der Waals surface area contributed by atoms with Crippen molar-refractivity contribution >= 4 is 32.3 Å². The summed E-state index contributed by atoms with van der Waals surface area (Å²) in [6, 6.07) is 5.36. The molecule has 1 aliphatic rings. The highest BCUT2D eigenvalue weighted by Crippen LogP contribution is 2.37. The molecule has 1 aliphatic heterocycles. The minimum absolute atomic E-state index is 0.277. The van der Waals surface area contributed by atoms with E-state index in [1.165, 1.54) is 0 Å². The Labute approximate surface area is 174 Å². The number of pyridine rings is 1. The lowest BCUT2D eigenvalue weighted by molar-refractivity contribution is 0.390. The van der Waals surface area contributed by atoms with Crippen LogP contribution in [-0.2, 0) is 16.6 Å². The van der Waals surface area contributed by atoms with Gasteiger partial charge in [0.25, 0.3) is 0 Å². The zero-order valence-corrected chi connectivity index (χ0v) is 18.3. The average molecular weight is 433 g/mol. The molecule has 0 spiro atoms. The van der Waals surface area contributed by atoms with Crippen molar-refractivity contribution in [3.05, 3.63) is 46.9 Å². The van der Waals surface area contributed by atoms with Crippen LogP contribution in [0.5, 0.6) is 0 Å². The number of hydrogen-bond donors (Lipinski definition) is 1. The Kier molecular flexibility index (Phi) is 5.41. The van der Waals surface area contributed by atoms with E-state index in [0.29, 0.717) is 24.6 Å². The van der Waals surface area contributed by atoms with Gasteiger partial charge in [-0.2, -0.15) is 9.40 Å². The summed E-state index contributed by atoms with van der Waals surface area (Å²) in [5.74, 6) is 0.663. The summed E-state index contributed by atoms with van der Waals surface area (Å²) in [7, 11) is -3.65. The van der Waals surface area contributed by atoms with Gasteiger partial charge in [-0.1, -0.05) is 6.07 Å². The number of nitrogens with one attached hydrogen (secondary N) is 1. The van der Waals surface area contributed by atoms with Gasteiger partial charge in [-0.25, -0.2) is 18.4 Å². The van der Waals surface area contributed by atoms with Gasteiger partial charge < -0.3 is 5.32 Å². The number of aromatic nitrogens is 4. The second-order valence-electron chi connectivity index (χ2n) is 7.06. The second kappa shape index (κ2) is 7.85. The summed E-state index contributed by atoms with van der Waals surface area (Å²) >= 11 is 1.55. The minimum Gasteiger partial charge on any atom is -0.316 e. The standard InChI is InChI=1S/C19H24N6O2S2/c1-4-24-12-17(14(3)23-24)29(26,27)25-10-6-8-16(25)15-7-5-9-18(21-15)22-19-20-11-13(2)28-19/h5,7,9,11-12,16H,4,6,8,10H2,1-3H3,(H,20,21,22). The molecular weight excluding hydrogens is 408 g/mol. The average Bonchev–Trinajstić information content (AvgIpc) is 3.42. The van der Waals surface area contributed by atoms with E-state index < -0.39 is 10.0 Å². The number of rotatable bonds is 6. The maximum absolute atomic E-state index is 13.4. The molecule has 1 saturated heterocycles. The molecule has 154 valence electrons. The van der Waals surface area contributed by atoms with Crippen molar-refractivity contribution in [2.45, 2.75) is 51.1 Å². The van der Waals surface area contributed by atoms with Gasteiger partial charge in [-0.15, -0.1) is 11.3 Å². The first-order valence-electron chi connectivity index (χ1n) is 9.61. The third-order valence-corrected chi connectivity index (χ3v) is 7.82. The first-order chi connectivity index (χ1) is 13.9. The van der Waals surface area contributed by atoms with Crippen molar-refractivity contribution in [1.82, 2.24) is 24.1 Å². The molecule has 1 unspecified atom stereocenters. The van der Waals surface area contributed by atoms with Gasteiger partial charge in [0.05, 0.1) is 17.4 Å². The highest BCUT2D eigenvalue weighted by atomic mass is 32.2. The van der Waals surface area contributed by atoms with Crippen molar-refractivity contribution in [3.63, 3.8) is 0 Å². The molecule has 0 aromatic carbocycles. The zero-order chi connectivity index (χ0) is 20.6. The number of thiazole rings is 1. The lowest BCUT2D eigenvalue weighted by atomic mass is 10.1. The van der Waals surface area contributed by atoms with Crippen molar-refractivity contribution in [2.75, 3.05) is 11.9 Å². The van der Waals surface area contributed by atoms with E-state index in [4.69, 9.17) is 0 Å². The van der Waals surface area contributed by atoms with E-state index in [9.17, 15) is 8.42 Å². The molecule has 0 bridgehead atoms. The van der Waals surface area contributed by atoms with Crippen LogP contribution in [0.25, 0.3) is 0 Å². The number of nitrogens with zero attached hydrogens (tertiary/aromatic N) is 5. The van der Waals surface area contributed by atoms with E-state index in [1.807, 2.05) is 32.0 Å². The SMILES string of the molecule is CCn1cc(S(=O)(=O)N2CCCC2c2cccc(Nc3ncc(C)s3)n2)c(C)n1. The molecule has 0 radical (unpaired) electrons. The van der Waals surface area contributed by atoms with Crippen LogP contribution in [0.15, 0.2) is 35.5 Å². The first-order valence-corrected chi connectivity index (χ1v) is 11.9. The predicted molar refractivity (Wildman–Crippen MR) is 113 cm³/mol. The maximum Gasteiger partial charge on any atom is 0.247 e. The highest BCUT2D eigenvalue weighted by molar-refractivity contribution is 7.89. The zero-order valence-electron chi connectivity index (χ0n) is 16.7. The van der Waals surface area contributed by atoms with Crippen molar-refractivity contribution in [2.24, 2.45) is 0 Å². The smallest absolute Gasteiger partial charge is 0.247 e. The fourth-order valence-electron chi connectivity index (χ4n) is 3.59. The lowest BCUT2D eigenvalue weighted by Crippen LogP contribution is -2.31. The van der Waals surface area contributed by atoms with E-state index in [2.05, 4.69) is 20.4 Å². The molecule has 10 heteroatoms. The Bertz CT molecular complexity index is 1120. The summed E-state index contributed by atoms with van der Waals surface area (Å²) in [4.78, 5) is 10.4. The Balaban J connectivity index is 1.63. The Morgan fingerprint density at radius 3 is 2.83 bits per heavy atom. The molecule has 1 atom stereocenters. The molecule has 0 saturated carbocycles. The van der Waals surface area contributed by atoms with Crippen LogP contribution in [0.2, 0.25) is 0 Å². The maximum atomic E-state index is 13.4. The van der Waals surface area contributed by atoms with Crippen LogP contribution in [-0.4, -0.2) is 39.0 Å². The fraction of sp³-hybridized carbons (Fsp3) is 0.421. The van der Waals surface area contributed by atoms with Gasteiger partial charge in [0.15, 0.2) is 5.13 Å². The second-order valence-corrected chi connectivity index (χ2v) is 10.2. The van der Waals surface area contributed by atoms with Crippen molar-refractivity contribution in [1.29, 1.82) is 0 Å². The van der Waals surface area contributed by atoms with Gasteiger partial charge in [0.1, 0.15) is 10.7 Å². The molecule has 1 N–H and O–H groups in total. The van der Waals surface area contributed by atoms with Crippen LogP contribution < -0.4 is 5.32 Å². The van der Waals surface area contributed by atoms with Crippen LogP contribution >= 0.6 is 11.3 Å². The summed E-state index contributed by atoms with van der Waals surface area (Å²) < 4.78 is 30.0. The normalized spacial score (nSPS) is 17.7. The summed E-state index contributed by atoms with van der Waals surface area (Å²) in [5, 5.41) is 8.28. The predicted octanol–water partition coefficient (Wildman–Crippen LogP) is 3.64. The Morgan fingerprint density at radius 2 is 2.14 bits per heavy atom. The fourth-order valence-corrected chi connectivity index (χ4v) is 6.10. The van der Waals surface area contributed by atoms with Gasteiger partial charge in [0.2, 0.25) is 10.0 Å². The van der Waals surface area contributed by atoms with E-state index in [1.54, 1.807) is 39.6 Å². The molecular formula is C19H24N6O2S2. The summed E-state index contributed by atoms with van der Waals surface area (Å²) in [6.45, 7) is 6.79. The molecule has 0 aliphatic carbocycles. The van der Waals surface area contributed by atoms with Crippen molar-refractivity contribution < 1.29 is 8.42 Å². The van der Waals surface area contributed by atoms with E-state index in [-0.39, 0.29) is 10.9 Å². The molecule has 4 rings (SSSR count). The lowest BCUT2D eigenvalue weighted by Gasteiger charge is -2.23. The first kappa shape index (κ1) is 20.0. The van der Waals surface area contributed by atoms with Gasteiger partial charge in [-0.3, -0.25) is 4.68 Å². The van der Waals surface area contributed by atoms with E-state index in [0.717, 1.165) is 28.5 Å². The minimum atomic E-state index is -3.65. The van der Waals surface area contributed by atoms with Gasteiger partial charge in [0, 0.05) is 30.4 Å². The number of hydrogen-bond acceptors (Lipinski definition) is 7. The molecule has 4 heterocycles. The quantitative estimate of drug-likeness (QED) is 0.639. The van der Waals surface area contributed by atoms with Crippen molar-refractivity contribution in [3.8, 4) is 0 Å². The molecule has 8 nitrogen and oxygen atoms in total. The topological polar surface area (TPSA) is 93.0 Å². The number of anilines is 2. The number of sulfonamides is 1. The van der Waals surface area contributed by atoms with Crippen LogP contribution in [0, 0.1) is 13.8 Å². The van der Waals surface area contributed by atoms with Crippen LogP contribution in [0.4, 0.5) is 10.9 Å². The van der Waals surface area contributed by atoms with E-state index >= 15 is 0 Å². The van der Waals surface area contributed by atoms with Crippen LogP contribution in [0.3, 0.4) is 0 Å². The largest absolute Gasteiger partial charge is 0.316 e. The third-order valence-electron chi connectivity index (χ3n) is 4.98.